The summed E-state index contributed by atoms with van der Waals surface area (Å²) in [6.45, 7) is 9.05. The largest absolute Gasteiger partial charge is 0.354 e. The van der Waals surface area contributed by atoms with Crippen molar-refractivity contribution in [3.63, 3.8) is 0 Å². The van der Waals surface area contributed by atoms with Crippen LogP contribution in [0.2, 0.25) is 0 Å². The lowest BCUT2D eigenvalue weighted by atomic mass is 10.1. The zero-order valence-corrected chi connectivity index (χ0v) is 12.7. The van der Waals surface area contributed by atoms with Crippen LogP contribution in [-0.2, 0) is 9.59 Å². The van der Waals surface area contributed by atoms with E-state index < -0.39 is 0 Å². The van der Waals surface area contributed by atoms with E-state index >= 15 is 0 Å². The number of hydrogen-bond acceptors (Lipinski definition) is 4. The Morgan fingerprint density at radius 3 is 2.25 bits per heavy atom. The fraction of sp³-hybridized carbons (Fsp3) is 0.857. The van der Waals surface area contributed by atoms with Crippen molar-refractivity contribution in [3.05, 3.63) is 0 Å². The van der Waals surface area contributed by atoms with Crippen LogP contribution >= 0.6 is 0 Å². The molecule has 20 heavy (non-hydrogen) atoms. The highest BCUT2D eigenvalue weighted by Gasteiger charge is 2.12. The molecule has 0 aromatic rings. The second-order valence-electron chi connectivity index (χ2n) is 5.33. The van der Waals surface area contributed by atoms with Crippen molar-refractivity contribution < 1.29 is 9.59 Å². The summed E-state index contributed by atoms with van der Waals surface area (Å²) in [4.78, 5) is 23.3. The molecular weight excluding hydrogens is 256 g/mol. The summed E-state index contributed by atoms with van der Waals surface area (Å²) in [6, 6.07) is 0.416. The second kappa shape index (κ2) is 9.72. The third kappa shape index (κ3) is 7.45. The van der Waals surface area contributed by atoms with E-state index in [0.717, 1.165) is 58.5 Å². The van der Waals surface area contributed by atoms with Gasteiger partial charge in [-0.25, -0.2) is 0 Å². The van der Waals surface area contributed by atoms with Gasteiger partial charge < -0.3 is 20.9 Å². The minimum absolute atomic E-state index is 0.0897. The number of amides is 2. The van der Waals surface area contributed by atoms with Crippen LogP contribution in [-0.4, -0.2) is 62.0 Å². The van der Waals surface area contributed by atoms with E-state index in [2.05, 4.69) is 16.0 Å². The summed E-state index contributed by atoms with van der Waals surface area (Å²) in [5.74, 6) is 0.288. The van der Waals surface area contributed by atoms with E-state index in [1.54, 1.807) is 13.8 Å². The molecule has 3 N–H and O–H groups in total. The first-order valence-corrected chi connectivity index (χ1v) is 7.53. The molecule has 6 heteroatoms. The topological polar surface area (TPSA) is 73.5 Å². The van der Waals surface area contributed by atoms with Gasteiger partial charge in [0.05, 0.1) is 0 Å². The molecule has 0 aromatic heterocycles. The van der Waals surface area contributed by atoms with Crippen molar-refractivity contribution in [2.24, 2.45) is 0 Å². The first kappa shape index (κ1) is 16.9. The molecule has 0 spiro atoms. The summed E-state index contributed by atoms with van der Waals surface area (Å²) >= 11 is 0. The van der Waals surface area contributed by atoms with Crippen LogP contribution in [0.5, 0.6) is 0 Å². The Kier molecular flexibility index (Phi) is 8.22. The number of rotatable bonds is 1. The lowest BCUT2D eigenvalue weighted by molar-refractivity contribution is -0.128. The molecule has 0 atom stereocenters. The third-order valence-electron chi connectivity index (χ3n) is 3.53. The zero-order chi connectivity index (χ0) is 14.8. The molecule has 0 bridgehead atoms. The van der Waals surface area contributed by atoms with Gasteiger partial charge in [-0.1, -0.05) is 0 Å². The number of nitrogens with one attached hydrogen (secondary N) is 3. The van der Waals surface area contributed by atoms with Crippen LogP contribution < -0.4 is 16.0 Å². The van der Waals surface area contributed by atoms with Crippen LogP contribution in [0.15, 0.2) is 0 Å². The molecule has 0 aromatic carbocycles. The van der Waals surface area contributed by atoms with Crippen molar-refractivity contribution in [1.29, 1.82) is 0 Å². The molecule has 0 radical (unpaired) electrons. The predicted molar refractivity (Wildman–Crippen MR) is 79.4 cm³/mol. The smallest absolute Gasteiger partial charge is 0.219 e. The lowest BCUT2D eigenvalue weighted by Gasteiger charge is -2.22. The van der Waals surface area contributed by atoms with Crippen LogP contribution in [0.25, 0.3) is 0 Å². The maximum atomic E-state index is 10.8. The Hall–Kier alpha value is -1.14. The molecule has 2 heterocycles. The first-order chi connectivity index (χ1) is 9.59. The summed E-state index contributed by atoms with van der Waals surface area (Å²) in [6.07, 6.45) is 3.22. The molecule has 0 aliphatic carbocycles. The average Bonchev–Trinajstić information content (AvgIpc) is 2.69. The van der Waals surface area contributed by atoms with Crippen LogP contribution in [0.1, 0.15) is 33.1 Å². The third-order valence-corrected chi connectivity index (χ3v) is 3.53. The minimum Gasteiger partial charge on any atom is -0.354 e. The predicted octanol–water partition coefficient (Wildman–Crippen LogP) is -0.297. The van der Waals surface area contributed by atoms with E-state index in [9.17, 15) is 9.59 Å². The maximum absolute atomic E-state index is 10.8. The minimum atomic E-state index is 0.0897. The Morgan fingerprint density at radius 1 is 1.00 bits per heavy atom. The quantitative estimate of drug-likeness (QED) is 0.618. The SMILES string of the molecule is CC(=O)N1CCCNCC1.CC(=O)NC1CCNCC1. The molecule has 0 saturated carbocycles. The lowest BCUT2D eigenvalue weighted by Crippen LogP contribution is -2.41. The van der Waals surface area contributed by atoms with Gasteiger partial charge in [0, 0.05) is 39.5 Å². The average molecular weight is 284 g/mol. The second-order valence-corrected chi connectivity index (χ2v) is 5.33. The fourth-order valence-corrected chi connectivity index (χ4v) is 2.41. The van der Waals surface area contributed by atoms with E-state index in [1.807, 2.05) is 4.90 Å². The molecule has 6 nitrogen and oxygen atoms in total. The molecule has 2 fully saturated rings. The summed E-state index contributed by atoms with van der Waals surface area (Å²) < 4.78 is 0. The highest BCUT2D eigenvalue weighted by molar-refractivity contribution is 5.73. The Labute approximate surface area is 121 Å². The molecule has 116 valence electrons. The highest BCUT2D eigenvalue weighted by Crippen LogP contribution is 2.00. The zero-order valence-electron chi connectivity index (χ0n) is 12.7. The molecule has 2 saturated heterocycles. The fourth-order valence-electron chi connectivity index (χ4n) is 2.41. The van der Waals surface area contributed by atoms with Crippen LogP contribution in [0.4, 0.5) is 0 Å². The van der Waals surface area contributed by atoms with Gasteiger partial charge in [0.2, 0.25) is 11.8 Å². The Morgan fingerprint density at radius 2 is 1.65 bits per heavy atom. The van der Waals surface area contributed by atoms with Gasteiger partial charge in [-0.3, -0.25) is 9.59 Å². The van der Waals surface area contributed by atoms with Crippen LogP contribution in [0.3, 0.4) is 0 Å². The molecule has 2 aliphatic rings. The molecular formula is C14H28N4O2. The van der Waals surface area contributed by atoms with Crippen molar-refractivity contribution in [2.45, 2.75) is 39.2 Å². The molecule has 2 amide bonds. The summed E-state index contributed by atoms with van der Waals surface area (Å²) in [5, 5.41) is 9.38. The number of carbonyl (C=O) groups excluding carboxylic acids is 2. The molecule has 2 aliphatic heterocycles. The summed E-state index contributed by atoms with van der Waals surface area (Å²) in [7, 11) is 0. The van der Waals surface area contributed by atoms with Crippen molar-refractivity contribution in [1.82, 2.24) is 20.9 Å². The van der Waals surface area contributed by atoms with Crippen molar-refractivity contribution in [2.75, 3.05) is 39.3 Å². The Bertz CT molecular complexity index is 296. The van der Waals surface area contributed by atoms with Crippen molar-refractivity contribution >= 4 is 11.8 Å². The number of nitrogens with zero attached hydrogens (tertiary/aromatic N) is 1. The molecule has 2 rings (SSSR count). The van der Waals surface area contributed by atoms with Gasteiger partial charge in [-0.15, -0.1) is 0 Å². The van der Waals surface area contributed by atoms with Gasteiger partial charge in [0.25, 0.3) is 0 Å². The van der Waals surface area contributed by atoms with Gasteiger partial charge in [-0.2, -0.15) is 0 Å². The van der Waals surface area contributed by atoms with Crippen molar-refractivity contribution in [3.8, 4) is 0 Å². The number of piperidine rings is 1. The monoisotopic (exact) mass is 284 g/mol. The van der Waals surface area contributed by atoms with Crippen LogP contribution in [0, 0.1) is 0 Å². The Balaban J connectivity index is 0.000000200. The van der Waals surface area contributed by atoms with Gasteiger partial charge in [0.15, 0.2) is 0 Å². The van der Waals surface area contributed by atoms with Gasteiger partial charge >= 0.3 is 0 Å². The van der Waals surface area contributed by atoms with E-state index in [0.29, 0.717) is 6.04 Å². The molecule has 0 unspecified atom stereocenters. The van der Waals surface area contributed by atoms with E-state index in [1.165, 1.54) is 0 Å². The van der Waals surface area contributed by atoms with Gasteiger partial charge in [-0.05, 0) is 38.9 Å². The number of hydrogen-bond donors (Lipinski definition) is 3. The van der Waals surface area contributed by atoms with E-state index in [4.69, 9.17) is 0 Å². The number of carbonyl (C=O) groups is 2. The highest BCUT2D eigenvalue weighted by atomic mass is 16.2. The normalized spacial score (nSPS) is 20.4. The standard InChI is InChI=1S/2C7H14N2O/c1-6(10)9-7-2-4-8-5-3-7;1-7(10)9-5-2-3-8-4-6-9/h7-8H,2-5H2,1H3,(H,9,10);8H,2-6H2,1H3. The van der Waals surface area contributed by atoms with Gasteiger partial charge in [0.1, 0.15) is 0 Å². The summed E-state index contributed by atoms with van der Waals surface area (Å²) in [5.41, 5.74) is 0. The maximum Gasteiger partial charge on any atom is 0.219 e. The first-order valence-electron chi connectivity index (χ1n) is 7.53. The van der Waals surface area contributed by atoms with E-state index in [-0.39, 0.29) is 11.8 Å².